The number of likely N-dealkylation sites (N-methyl/N-ethyl adjacent to an activating group) is 1. The third-order valence-electron chi connectivity index (χ3n) is 3.45. The average Bonchev–Trinajstić information content (AvgIpc) is 3.06. The highest BCUT2D eigenvalue weighted by molar-refractivity contribution is 6.30. The van der Waals surface area contributed by atoms with Crippen LogP contribution in [0.2, 0.25) is 5.02 Å². The van der Waals surface area contributed by atoms with Crippen molar-refractivity contribution in [1.82, 2.24) is 15.1 Å². The third kappa shape index (κ3) is 4.57. The van der Waals surface area contributed by atoms with Gasteiger partial charge in [0.05, 0.1) is 6.54 Å². The quantitative estimate of drug-likeness (QED) is 0.651. The molecule has 6 heteroatoms. The summed E-state index contributed by atoms with van der Waals surface area (Å²) >= 11 is 5.85. The first-order chi connectivity index (χ1) is 11.7. The molecule has 2 aromatic carbocycles. The Hall–Kier alpha value is -2.37. The number of rotatable bonds is 7. The summed E-state index contributed by atoms with van der Waals surface area (Å²) in [4.78, 5) is 2.07. The Labute approximate surface area is 145 Å². The van der Waals surface area contributed by atoms with E-state index in [0.29, 0.717) is 30.0 Å². The molecule has 0 saturated heterocycles. The smallest absolute Gasteiger partial charge is 0.247 e. The Bertz CT molecular complexity index is 759. The minimum absolute atomic E-state index is 0.538. The van der Waals surface area contributed by atoms with E-state index in [-0.39, 0.29) is 0 Å². The summed E-state index contributed by atoms with van der Waals surface area (Å²) in [6.07, 6.45) is 0. The van der Waals surface area contributed by atoms with Crippen LogP contribution in [-0.4, -0.2) is 35.3 Å². The van der Waals surface area contributed by atoms with Crippen molar-refractivity contribution >= 4 is 11.6 Å². The summed E-state index contributed by atoms with van der Waals surface area (Å²) in [7, 11) is 1.98. The fourth-order valence-corrected chi connectivity index (χ4v) is 2.30. The summed E-state index contributed by atoms with van der Waals surface area (Å²) < 4.78 is 11.4. The van der Waals surface area contributed by atoms with Gasteiger partial charge in [-0.1, -0.05) is 29.8 Å². The van der Waals surface area contributed by atoms with Crippen LogP contribution >= 0.6 is 11.6 Å². The Kier molecular flexibility index (Phi) is 5.46. The minimum Gasteiger partial charge on any atom is -0.492 e. The van der Waals surface area contributed by atoms with Gasteiger partial charge in [0.25, 0.3) is 0 Å². The third-order valence-corrected chi connectivity index (χ3v) is 3.70. The maximum atomic E-state index is 5.85. The molecule has 0 amide bonds. The molecule has 3 rings (SSSR count). The predicted octanol–water partition coefficient (Wildman–Crippen LogP) is 3.90. The Morgan fingerprint density at radius 2 is 1.79 bits per heavy atom. The Morgan fingerprint density at radius 1 is 1.04 bits per heavy atom. The lowest BCUT2D eigenvalue weighted by Crippen LogP contribution is -2.24. The summed E-state index contributed by atoms with van der Waals surface area (Å²) in [6.45, 7) is 1.88. The molecule has 3 aromatic rings. The van der Waals surface area contributed by atoms with Gasteiger partial charge in [-0.3, -0.25) is 4.90 Å². The average molecular weight is 344 g/mol. The van der Waals surface area contributed by atoms with Crippen LogP contribution in [0.15, 0.2) is 59.0 Å². The van der Waals surface area contributed by atoms with E-state index in [4.69, 9.17) is 20.8 Å². The normalized spacial score (nSPS) is 11.0. The van der Waals surface area contributed by atoms with Crippen LogP contribution in [-0.2, 0) is 6.54 Å². The molecule has 0 aliphatic carbocycles. The van der Waals surface area contributed by atoms with Crippen molar-refractivity contribution in [2.45, 2.75) is 6.54 Å². The lowest BCUT2D eigenvalue weighted by atomic mass is 10.2. The molecule has 0 unspecified atom stereocenters. The molecule has 0 radical (unpaired) electrons. The van der Waals surface area contributed by atoms with Crippen molar-refractivity contribution in [3.63, 3.8) is 0 Å². The number of hydrogen-bond acceptors (Lipinski definition) is 5. The maximum Gasteiger partial charge on any atom is 0.247 e. The van der Waals surface area contributed by atoms with Gasteiger partial charge in [0.15, 0.2) is 0 Å². The zero-order chi connectivity index (χ0) is 16.8. The summed E-state index contributed by atoms with van der Waals surface area (Å²) in [5, 5.41) is 8.88. The fourth-order valence-electron chi connectivity index (χ4n) is 2.18. The molecule has 1 heterocycles. The van der Waals surface area contributed by atoms with Crippen molar-refractivity contribution in [1.29, 1.82) is 0 Å². The van der Waals surface area contributed by atoms with E-state index in [1.54, 1.807) is 0 Å². The van der Waals surface area contributed by atoms with Gasteiger partial charge in [0, 0.05) is 17.1 Å². The highest BCUT2D eigenvalue weighted by Gasteiger charge is 2.10. The largest absolute Gasteiger partial charge is 0.492 e. The second-order valence-corrected chi connectivity index (χ2v) is 5.84. The summed E-state index contributed by atoms with van der Waals surface area (Å²) in [5.74, 6) is 1.93. The number of nitrogens with zero attached hydrogens (tertiary/aromatic N) is 3. The van der Waals surface area contributed by atoms with E-state index in [2.05, 4.69) is 15.1 Å². The molecule has 0 atom stereocenters. The zero-order valence-corrected chi connectivity index (χ0v) is 14.1. The van der Waals surface area contributed by atoms with Crippen LogP contribution in [0.3, 0.4) is 0 Å². The van der Waals surface area contributed by atoms with E-state index in [0.717, 1.165) is 17.9 Å². The molecule has 124 valence electrons. The fraction of sp³-hybridized carbons (Fsp3) is 0.222. The molecule has 0 aliphatic rings. The van der Waals surface area contributed by atoms with Crippen LogP contribution < -0.4 is 4.74 Å². The summed E-state index contributed by atoms with van der Waals surface area (Å²) in [6, 6.07) is 17.1. The van der Waals surface area contributed by atoms with Crippen molar-refractivity contribution in [3.8, 4) is 17.2 Å². The summed E-state index contributed by atoms with van der Waals surface area (Å²) in [5.41, 5.74) is 0.921. The minimum atomic E-state index is 0.538. The van der Waals surface area contributed by atoms with Crippen LogP contribution in [0.1, 0.15) is 5.89 Å². The van der Waals surface area contributed by atoms with Gasteiger partial charge in [-0.05, 0) is 43.4 Å². The first-order valence-corrected chi connectivity index (χ1v) is 8.03. The van der Waals surface area contributed by atoms with E-state index < -0.39 is 0 Å². The SMILES string of the molecule is CN(CCOc1ccc(Cl)cc1)Cc1nnc(-c2ccccc2)o1. The topological polar surface area (TPSA) is 51.4 Å². The number of hydrogen-bond donors (Lipinski definition) is 0. The number of halogens is 1. The molecule has 1 aromatic heterocycles. The molecule has 0 N–H and O–H groups in total. The van der Waals surface area contributed by atoms with E-state index in [1.165, 1.54) is 0 Å². The lowest BCUT2D eigenvalue weighted by molar-refractivity contribution is 0.220. The molecule has 0 bridgehead atoms. The van der Waals surface area contributed by atoms with Gasteiger partial charge in [-0.2, -0.15) is 0 Å². The second kappa shape index (κ2) is 7.95. The lowest BCUT2D eigenvalue weighted by Gasteiger charge is -2.14. The van der Waals surface area contributed by atoms with Crippen LogP contribution in [0.4, 0.5) is 0 Å². The predicted molar refractivity (Wildman–Crippen MR) is 93.0 cm³/mol. The van der Waals surface area contributed by atoms with Gasteiger partial charge in [0.2, 0.25) is 11.8 Å². The van der Waals surface area contributed by atoms with Gasteiger partial charge in [-0.25, -0.2) is 0 Å². The molecular weight excluding hydrogens is 326 g/mol. The standard InChI is InChI=1S/C18H18ClN3O2/c1-22(11-12-23-16-9-7-15(19)8-10-16)13-17-20-21-18(24-17)14-5-3-2-4-6-14/h2-10H,11-13H2,1H3. The van der Waals surface area contributed by atoms with Crippen molar-refractivity contribution in [3.05, 3.63) is 65.5 Å². The number of ether oxygens (including phenoxy) is 1. The molecule has 0 spiro atoms. The first kappa shape index (κ1) is 16.5. The van der Waals surface area contributed by atoms with Crippen LogP contribution in [0.5, 0.6) is 5.75 Å². The van der Waals surface area contributed by atoms with Gasteiger partial charge in [-0.15, -0.1) is 10.2 Å². The molecule has 0 saturated carbocycles. The second-order valence-electron chi connectivity index (χ2n) is 5.41. The monoisotopic (exact) mass is 343 g/mol. The van der Waals surface area contributed by atoms with E-state index in [9.17, 15) is 0 Å². The molecule has 0 aliphatic heterocycles. The number of aromatic nitrogens is 2. The molecular formula is C18H18ClN3O2. The van der Waals surface area contributed by atoms with Crippen molar-refractivity contribution in [2.75, 3.05) is 20.2 Å². The molecule has 24 heavy (non-hydrogen) atoms. The highest BCUT2D eigenvalue weighted by atomic mass is 35.5. The molecule has 5 nitrogen and oxygen atoms in total. The van der Waals surface area contributed by atoms with E-state index >= 15 is 0 Å². The molecule has 0 fully saturated rings. The Balaban J connectivity index is 1.47. The van der Waals surface area contributed by atoms with Crippen molar-refractivity contribution < 1.29 is 9.15 Å². The maximum absolute atomic E-state index is 5.85. The van der Waals surface area contributed by atoms with Crippen molar-refractivity contribution in [2.24, 2.45) is 0 Å². The van der Waals surface area contributed by atoms with Crippen LogP contribution in [0, 0.1) is 0 Å². The van der Waals surface area contributed by atoms with E-state index in [1.807, 2.05) is 61.6 Å². The number of benzene rings is 2. The highest BCUT2D eigenvalue weighted by Crippen LogP contribution is 2.18. The van der Waals surface area contributed by atoms with Gasteiger partial charge in [0.1, 0.15) is 12.4 Å². The van der Waals surface area contributed by atoms with Gasteiger partial charge >= 0.3 is 0 Å². The van der Waals surface area contributed by atoms with Gasteiger partial charge < -0.3 is 9.15 Å². The zero-order valence-electron chi connectivity index (χ0n) is 13.4. The first-order valence-electron chi connectivity index (χ1n) is 7.65. The Morgan fingerprint density at radius 3 is 2.54 bits per heavy atom. The van der Waals surface area contributed by atoms with Crippen LogP contribution in [0.25, 0.3) is 11.5 Å².